The summed E-state index contributed by atoms with van der Waals surface area (Å²) in [5.74, 6) is -1.06. The average Bonchev–Trinajstić information content (AvgIpc) is 3.26. The number of ether oxygens (including phenoxy) is 1. The second-order valence-corrected chi connectivity index (χ2v) is 8.49. The Bertz CT molecular complexity index is 1400. The van der Waals surface area contributed by atoms with Crippen molar-refractivity contribution in [1.82, 2.24) is 14.6 Å². The summed E-state index contributed by atoms with van der Waals surface area (Å²) < 4.78 is 6.14. The number of hydrogen-bond acceptors (Lipinski definition) is 6. The summed E-state index contributed by atoms with van der Waals surface area (Å²) in [5, 5.41) is 0.452. The number of fused-ring (bicyclic) bond motifs is 1. The molecule has 0 aliphatic carbocycles. The molecule has 0 fully saturated rings. The summed E-state index contributed by atoms with van der Waals surface area (Å²) in [6.07, 6.45) is 1.30. The summed E-state index contributed by atoms with van der Waals surface area (Å²) in [7, 11) is 0. The van der Waals surface area contributed by atoms with E-state index in [0.717, 1.165) is 20.7 Å². The van der Waals surface area contributed by atoms with Crippen molar-refractivity contribution in [2.24, 2.45) is 0 Å². The van der Waals surface area contributed by atoms with Gasteiger partial charge < -0.3 is 9.72 Å². The quantitative estimate of drug-likeness (QED) is 0.448. The van der Waals surface area contributed by atoms with Crippen LogP contribution in [0.4, 0.5) is 0 Å². The van der Waals surface area contributed by atoms with Crippen molar-refractivity contribution >= 4 is 33.4 Å². The number of hydrogen-bond donors (Lipinski definition) is 2. The number of rotatable bonds is 5. The highest BCUT2D eigenvalue weighted by molar-refractivity contribution is 7.19. The number of thiophene rings is 1. The standard InChI is InChI=1S/C23H22N4O4S/c1-5-31-23(30)16-12(2)19(25-13(16)3)20(28)26-27-11-24-21-18(22(27)29)17(14(4)32-21)15-9-7-6-8-10-15/h6-11,25H,5H2,1-4H3,(H,26,28). The molecular weight excluding hydrogens is 428 g/mol. The molecule has 8 nitrogen and oxygen atoms in total. The van der Waals surface area contributed by atoms with Crippen LogP contribution in [0.1, 0.15) is 43.9 Å². The second-order valence-electron chi connectivity index (χ2n) is 7.29. The smallest absolute Gasteiger partial charge is 0.340 e. The van der Waals surface area contributed by atoms with E-state index in [1.807, 2.05) is 37.3 Å². The number of amides is 1. The number of esters is 1. The van der Waals surface area contributed by atoms with Crippen LogP contribution in [-0.4, -0.2) is 33.1 Å². The Balaban J connectivity index is 1.74. The number of nitrogens with zero attached hydrogens (tertiary/aromatic N) is 2. The van der Waals surface area contributed by atoms with Gasteiger partial charge in [-0.2, -0.15) is 0 Å². The predicted molar refractivity (Wildman–Crippen MR) is 124 cm³/mol. The molecule has 1 aromatic carbocycles. The molecule has 0 saturated carbocycles. The maximum Gasteiger partial charge on any atom is 0.340 e. The lowest BCUT2D eigenvalue weighted by Crippen LogP contribution is -2.33. The van der Waals surface area contributed by atoms with Crippen molar-refractivity contribution in [2.45, 2.75) is 27.7 Å². The molecule has 3 heterocycles. The van der Waals surface area contributed by atoms with Crippen molar-refractivity contribution in [1.29, 1.82) is 0 Å². The molecule has 164 valence electrons. The molecule has 0 bridgehead atoms. The molecule has 2 N–H and O–H groups in total. The number of benzene rings is 1. The molecule has 0 saturated heterocycles. The highest BCUT2D eigenvalue weighted by Gasteiger charge is 2.24. The average molecular weight is 451 g/mol. The van der Waals surface area contributed by atoms with E-state index in [1.54, 1.807) is 20.8 Å². The Morgan fingerprint density at radius 3 is 2.59 bits per heavy atom. The number of carbonyl (C=O) groups is 2. The van der Waals surface area contributed by atoms with Gasteiger partial charge >= 0.3 is 5.97 Å². The number of H-pyrrole nitrogens is 1. The van der Waals surface area contributed by atoms with Gasteiger partial charge in [0.15, 0.2) is 0 Å². The first-order chi connectivity index (χ1) is 15.3. The first-order valence-electron chi connectivity index (χ1n) is 10.1. The van der Waals surface area contributed by atoms with E-state index in [0.29, 0.717) is 27.0 Å². The highest BCUT2D eigenvalue weighted by atomic mass is 32.1. The summed E-state index contributed by atoms with van der Waals surface area (Å²) in [5.41, 5.74) is 5.40. The van der Waals surface area contributed by atoms with E-state index in [2.05, 4.69) is 15.4 Å². The largest absolute Gasteiger partial charge is 0.462 e. The molecule has 9 heteroatoms. The fourth-order valence-corrected chi connectivity index (χ4v) is 4.79. The number of aromatic nitrogens is 3. The maximum absolute atomic E-state index is 13.3. The zero-order chi connectivity index (χ0) is 23.0. The van der Waals surface area contributed by atoms with Gasteiger partial charge in [-0.1, -0.05) is 30.3 Å². The predicted octanol–water partition coefficient (Wildman–Crippen LogP) is 3.94. The fourth-order valence-electron chi connectivity index (χ4n) is 3.79. The van der Waals surface area contributed by atoms with Gasteiger partial charge in [-0.05, 0) is 38.8 Å². The minimum atomic E-state index is -0.558. The van der Waals surface area contributed by atoms with Gasteiger partial charge in [0.1, 0.15) is 16.9 Å². The van der Waals surface area contributed by atoms with Crippen LogP contribution in [0.15, 0.2) is 41.5 Å². The first kappa shape index (κ1) is 21.5. The van der Waals surface area contributed by atoms with Gasteiger partial charge in [-0.15, -0.1) is 11.3 Å². The Labute approximate surface area is 187 Å². The topological polar surface area (TPSA) is 106 Å². The third-order valence-electron chi connectivity index (χ3n) is 5.22. The molecule has 4 rings (SSSR count). The van der Waals surface area contributed by atoms with Gasteiger partial charge in [0, 0.05) is 16.1 Å². The lowest BCUT2D eigenvalue weighted by Gasteiger charge is -2.08. The van der Waals surface area contributed by atoms with E-state index in [1.165, 1.54) is 17.7 Å². The third kappa shape index (κ3) is 3.60. The van der Waals surface area contributed by atoms with Crippen molar-refractivity contribution in [3.05, 3.63) is 74.4 Å². The summed E-state index contributed by atoms with van der Waals surface area (Å²) in [6.45, 7) is 7.24. The van der Waals surface area contributed by atoms with E-state index in [4.69, 9.17) is 4.74 Å². The molecule has 0 spiro atoms. The summed E-state index contributed by atoms with van der Waals surface area (Å²) in [4.78, 5) is 47.3. The second kappa shape index (κ2) is 8.43. The van der Waals surface area contributed by atoms with Crippen LogP contribution in [0.3, 0.4) is 0 Å². The van der Waals surface area contributed by atoms with Crippen LogP contribution in [0.25, 0.3) is 21.3 Å². The first-order valence-corrected chi connectivity index (χ1v) is 10.9. The van der Waals surface area contributed by atoms with Gasteiger partial charge in [-0.3, -0.25) is 15.0 Å². The summed E-state index contributed by atoms with van der Waals surface area (Å²) >= 11 is 1.43. The Morgan fingerprint density at radius 2 is 1.91 bits per heavy atom. The maximum atomic E-state index is 13.3. The van der Waals surface area contributed by atoms with Crippen LogP contribution >= 0.6 is 11.3 Å². The highest BCUT2D eigenvalue weighted by Crippen LogP contribution is 2.35. The zero-order valence-electron chi connectivity index (χ0n) is 18.1. The van der Waals surface area contributed by atoms with Crippen molar-refractivity contribution in [3.63, 3.8) is 0 Å². The molecule has 3 aromatic heterocycles. The minimum absolute atomic E-state index is 0.183. The van der Waals surface area contributed by atoms with Crippen LogP contribution < -0.4 is 11.0 Å². The van der Waals surface area contributed by atoms with E-state index >= 15 is 0 Å². The molecular formula is C23H22N4O4S. The number of aromatic amines is 1. The van der Waals surface area contributed by atoms with Gasteiger partial charge in [0.05, 0.1) is 17.6 Å². The van der Waals surface area contributed by atoms with Crippen molar-refractivity contribution < 1.29 is 14.3 Å². The Kier molecular flexibility index (Phi) is 5.67. The van der Waals surface area contributed by atoms with E-state index in [9.17, 15) is 14.4 Å². The molecule has 0 aliphatic rings. The molecule has 0 unspecified atom stereocenters. The van der Waals surface area contributed by atoms with Crippen molar-refractivity contribution in [2.75, 3.05) is 12.0 Å². The minimum Gasteiger partial charge on any atom is -0.462 e. The molecule has 0 atom stereocenters. The fraction of sp³-hybridized carbons (Fsp3) is 0.217. The summed E-state index contributed by atoms with van der Waals surface area (Å²) in [6, 6.07) is 9.60. The van der Waals surface area contributed by atoms with Gasteiger partial charge in [-0.25, -0.2) is 14.5 Å². The van der Waals surface area contributed by atoms with Crippen LogP contribution in [-0.2, 0) is 4.74 Å². The monoisotopic (exact) mass is 450 g/mol. The number of nitrogens with one attached hydrogen (secondary N) is 2. The van der Waals surface area contributed by atoms with Crippen LogP contribution in [0.2, 0.25) is 0 Å². The SMILES string of the molecule is CCOC(=O)c1c(C)[nH]c(C(=O)Nn2cnc3sc(C)c(-c4ccccc4)c3c2=O)c1C. The number of aryl methyl sites for hydroxylation is 2. The normalized spacial score (nSPS) is 11.0. The van der Waals surface area contributed by atoms with Gasteiger partial charge in [0.2, 0.25) is 0 Å². The van der Waals surface area contributed by atoms with Crippen LogP contribution in [0, 0.1) is 20.8 Å². The third-order valence-corrected chi connectivity index (χ3v) is 6.23. The lowest BCUT2D eigenvalue weighted by atomic mass is 10.0. The Hall–Kier alpha value is -3.72. The van der Waals surface area contributed by atoms with E-state index in [-0.39, 0.29) is 17.9 Å². The zero-order valence-corrected chi connectivity index (χ0v) is 18.9. The molecule has 0 aliphatic heterocycles. The molecule has 1 amide bonds. The molecule has 4 aromatic rings. The lowest BCUT2D eigenvalue weighted by molar-refractivity contribution is 0.0525. The Morgan fingerprint density at radius 1 is 1.19 bits per heavy atom. The van der Waals surface area contributed by atoms with Crippen molar-refractivity contribution in [3.8, 4) is 11.1 Å². The van der Waals surface area contributed by atoms with Gasteiger partial charge in [0.25, 0.3) is 11.5 Å². The number of carbonyl (C=O) groups excluding carboxylic acids is 2. The molecule has 0 radical (unpaired) electrons. The molecule has 32 heavy (non-hydrogen) atoms. The van der Waals surface area contributed by atoms with Crippen LogP contribution in [0.5, 0.6) is 0 Å². The van der Waals surface area contributed by atoms with E-state index < -0.39 is 11.9 Å².